The van der Waals surface area contributed by atoms with Crippen LogP contribution >= 0.6 is 0 Å². The van der Waals surface area contributed by atoms with E-state index in [4.69, 9.17) is 5.48 Å². The second-order valence-corrected chi connectivity index (χ2v) is 2.37. The highest BCUT2D eigenvalue weighted by Crippen LogP contribution is 2.12. The number of carbonyl (C=O) groups excluding carboxylic acids is 2. The van der Waals surface area contributed by atoms with Gasteiger partial charge in [0.1, 0.15) is 0 Å². The van der Waals surface area contributed by atoms with Crippen molar-refractivity contribution in [1.29, 1.82) is 0 Å². The summed E-state index contributed by atoms with van der Waals surface area (Å²) in [6.07, 6.45) is 0. The Morgan fingerprint density at radius 2 is 1.86 bits per heavy atom. The molecule has 0 radical (unpaired) electrons. The molecule has 5 heteroatoms. The first-order valence-electron chi connectivity index (χ1n) is 5.50. The number of carbonyl (C=O) groups is 2. The first kappa shape index (κ1) is 5.64. The van der Waals surface area contributed by atoms with Crippen LogP contribution in [0.15, 0.2) is 24.2 Å². The van der Waals surface area contributed by atoms with E-state index in [1.165, 1.54) is 0 Å². The molecule has 0 saturated heterocycles. The summed E-state index contributed by atoms with van der Waals surface area (Å²) in [5.74, 6) is -2.17. The zero-order chi connectivity index (χ0) is 14.2. The molecule has 0 amide bonds. The molecule has 0 aliphatic carbocycles. The summed E-state index contributed by atoms with van der Waals surface area (Å²) in [5.41, 5.74) is -1.77. The minimum atomic E-state index is -1.21. The molecule has 0 bridgehead atoms. The van der Waals surface area contributed by atoms with Crippen LogP contribution in [0.25, 0.3) is 0 Å². The number of nitrogens with zero attached hydrogens (tertiary/aromatic N) is 1. The van der Waals surface area contributed by atoms with Crippen molar-refractivity contribution < 1.29 is 20.0 Å². The Labute approximate surface area is 85.1 Å². The summed E-state index contributed by atoms with van der Waals surface area (Å²) in [6, 6.07) is -3.68. The van der Waals surface area contributed by atoms with Crippen molar-refractivity contribution in [3.63, 3.8) is 0 Å². The molecule has 0 unspecified atom stereocenters. The van der Waals surface area contributed by atoms with Crippen LogP contribution in [0.5, 0.6) is 0 Å². The molecule has 0 aromatic heterocycles. The van der Waals surface area contributed by atoms with Gasteiger partial charge in [0.15, 0.2) is 5.78 Å². The van der Waals surface area contributed by atoms with Crippen molar-refractivity contribution in [2.24, 2.45) is 0 Å². The number of Topliss-reactive ketones (excluding diaryl/α,β-unsaturated/α-hetero) is 2. The number of benzene rings is 1. The van der Waals surface area contributed by atoms with E-state index >= 15 is 0 Å². The summed E-state index contributed by atoms with van der Waals surface area (Å²) < 4.78 is 29.5. The van der Waals surface area contributed by atoms with E-state index in [1.807, 2.05) is 0 Å². The van der Waals surface area contributed by atoms with Gasteiger partial charge >= 0.3 is 0 Å². The maximum Gasteiger partial charge on any atom is 0.269 e. The summed E-state index contributed by atoms with van der Waals surface area (Å²) >= 11 is 0. The monoisotopic (exact) mass is 198 g/mol. The highest BCUT2D eigenvalue weighted by atomic mass is 16.6. The van der Waals surface area contributed by atoms with E-state index in [0.717, 1.165) is 6.92 Å². The zero-order valence-corrected chi connectivity index (χ0v) is 7.08. The Balaban J connectivity index is 3.74. The van der Waals surface area contributed by atoms with Crippen molar-refractivity contribution in [2.45, 2.75) is 6.92 Å². The van der Waals surface area contributed by atoms with Gasteiger partial charge in [0.25, 0.3) is 5.69 Å². The molecular weight excluding hydrogens is 187 g/mol. The van der Waals surface area contributed by atoms with Crippen LogP contribution in [0.4, 0.5) is 5.69 Å². The summed E-state index contributed by atoms with van der Waals surface area (Å²) in [5, 5.41) is 10.6. The SMILES string of the molecule is [2H]c1c([2H])c([N+](=O)[O-])c([2H])c([2H])c1[13C](=O)C(C)=O. The topological polar surface area (TPSA) is 77.3 Å². The summed E-state index contributed by atoms with van der Waals surface area (Å²) in [4.78, 5) is 31.9. The molecule has 72 valence electrons. The van der Waals surface area contributed by atoms with Crippen molar-refractivity contribution in [2.75, 3.05) is 0 Å². The molecule has 1 rings (SSSR count). The highest BCUT2D eigenvalue weighted by molar-refractivity contribution is 6.42. The van der Waals surface area contributed by atoms with E-state index in [0.29, 0.717) is 0 Å². The third-order valence-electron chi connectivity index (χ3n) is 1.34. The van der Waals surface area contributed by atoms with Crippen LogP contribution in [-0.4, -0.2) is 16.5 Å². The quantitative estimate of drug-likeness (QED) is 0.241. The highest BCUT2D eigenvalue weighted by Gasteiger charge is 2.12. The Kier molecular flexibility index (Phi) is 1.52. The predicted molar refractivity (Wildman–Crippen MR) is 48.1 cm³/mol. The second kappa shape index (κ2) is 3.78. The lowest BCUT2D eigenvalue weighted by atomic mass is 10.2. The van der Waals surface area contributed by atoms with Gasteiger partial charge in [0.05, 0.1) is 10.4 Å². The van der Waals surface area contributed by atoms with Gasteiger partial charge in [-0.3, -0.25) is 19.7 Å². The second-order valence-electron chi connectivity index (χ2n) is 2.37. The van der Waals surface area contributed by atoms with Gasteiger partial charge in [-0.2, -0.15) is 0 Å². The van der Waals surface area contributed by atoms with Gasteiger partial charge in [-0.1, -0.05) is 0 Å². The maximum absolute atomic E-state index is 11.4. The Morgan fingerprint density at radius 1 is 1.36 bits per heavy atom. The van der Waals surface area contributed by atoms with Crippen LogP contribution in [0, 0.1) is 10.1 Å². The minimum absolute atomic E-state index is 0.747. The first-order valence-corrected chi connectivity index (χ1v) is 3.50. The largest absolute Gasteiger partial charge is 0.291 e. The van der Waals surface area contributed by atoms with Crippen LogP contribution < -0.4 is 0 Å². The molecule has 0 saturated carbocycles. The summed E-state index contributed by atoms with van der Waals surface area (Å²) in [6.45, 7) is 0.913. The molecule has 0 fully saturated rings. The smallest absolute Gasteiger partial charge is 0.269 e. The van der Waals surface area contributed by atoms with Crippen LogP contribution in [-0.2, 0) is 4.79 Å². The lowest BCUT2D eigenvalue weighted by Gasteiger charge is -1.95. The molecule has 0 aliphatic rings. The van der Waals surface area contributed by atoms with E-state index in [-0.39, 0.29) is 0 Å². The number of ketones is 2. The van der Waals surface area contributed by atoms with Crippen molar-refractivity contribution >= 4 is 17.3 Å². The van der Waals surface area contributed by atoms with E-state index in [9.17, 15) is 19.7 Å². The van der Waals surface area contributed by atoms with Crippen molar-refractivity contribution in [3.05, 3.63) is 39.8 Å². The number of hydrogen-bond donors (Lipinski definition) is 0. The first-order chi connectivity index (χ1) is 8.20. The van der Waals surface area contributed by atoms with Crippen LogP contribution in [0.2, 0.25) is 0 Å². The van der Waals surface area contributed by atoms with E-state index < -0.39 is 51.9 Å². The average molecular weight is 198 g/mol. The van der Waals surface area contributed by atoms with Crippen molar-refractivity contribution in [1.82, 2.24) is 0 Å². The lowest BCUT2D eigenvalue weighted by molar-refractivity contribution is -0.384. The van der Waals surface area contributed by atoms with Gasteiger partial charge in [0.2, 0.25) is 5.78 Å². The van der Waals surface area contributed by atoms with Gasteiger partial charge in [-0.15, -0.1) is 0 Å². The molecule has 0 heterocycles. The normalized spacial score (nSPS) is 13.5. The number of hydrogen-bond acceptors (Lipinski definition) is 4. The molecule has 1 aromatic rings. The fraction of sp³-hybridized carbons (Fsp3) is 0.111. The number of nitro benzene ring substituents is 1. The van der Waals surface area contributed by atoms with E-state index in [1.54, 1.807) is 0 Å². The average Bonchev–Trinajstić information content (AvgIpc) is 2.26. The third kappa shape index (κ3) is 2.01. The Morgan fingerprint density at radius 3 is 2.21 bits per heavy atom. The van der Waals surface area contributed by atoms with Crippen molar-refractivity contribution in [3.8, 4) is 0 Å². The van der Waals surface area contributed by atoms with E-state index in [2.05, 4.69) is 0 Å². The van der Waals surface area contributed by atoms with Crippen LogP contribution in [0.1, 0.15) is 22.8 Å². The van der Waals surface area contributed by atoms with Gasteiger partial charge < -0.3 is 0 Å². The Hall–Kier alpha value is -2.04. The molecule has 0 aliphatic heterocycles. The molecular formula is C9H7NO4. The van der Waals surface area contributed by atoms with Crippen LogP contribution in [0.3, 0.4) is 0 Å². The fourth-order valence-electron chi connectivity index (χ4n) is 0.687. The number of nitro groups is 1. The molecule has 5 nitrogen and oxygen atoms in total. The molecule has 0 atom stereocenters. The van der Waals surface area contributed by atoms with Gasteiger partial charge in [0, 0.05) is 24.6 Å². The zero-order valence-electron chi connectivity index (χ0n) is 11.1. The lowest BCUT2D eigenvalue weighted by Crippen LogP contribution is -2.09. The number of rotatable bonds is 3. The standard InChI is InChI=1S/C9H7NO4/c1-6(11)9(12)7-2-4-8(5-3-7)10(13)14/h2-5H,1H3/i2D,3D,4D,5D,9+1. The minimum Gasteiger partial charge on any atom is -0.291 e. The maximum atomic E-state index is 11.4. The molecule has 14 heavy (non-hydrogen) atoms. The van der Waals surface area contributed by atoms with Gasteiger partial charge in [-0.05, 0) is 12.1 Å². The third-order valence-corrected chi connectivity index (χ3v) is 1.34. The fourth-order valence-corrected chi connectivity index (χ4v) is 0.687. The Bertz CT molecular complexity index is 555. The molecule has 1 aromatic carbocycles. The molecule has 0 N–H and O–H groups in total. The predicted octanol–water partition coefficient (Wildman–Crippen LogP) is 1.37. The summed E-state index contributed by atoms with van der Waals surface area (Å²) in [7, 11) is 0. The molecule has 0 spiro atoms. The van der Waals surface area contributed by atoms with Gasteiger partial charge in [-0.25, -0.2) is 0 Å².